The van der Waals surface area contributed by atoms with E-state index in [9.17, 15) is 8.42 Å². The highest BCUT2D eigenvalue weighted by atomic mass is 32.2. The minimum Gasteiger partial charge on any atom is -0.307 e. The van der Waals surface area contributed by atoms with E-state index in [0.29, 0.717) is 18.0 Å². The largest absolute Gasteiger partial charge is 0.307 e. The van der Waals surface area contributed by atoms with Crippen molar-refractivity contribution in [2.45, 2.75) is 10.9 Å². The molecule has 0 aromatic heterocycles. The molecule has 0 amide bonds. The fraction of sp³-hybridized carbons (Fsp3) is 0.400. The maximum Gasteiger partial charge on any atom is 0.243 e. The lowest BCUT2D eigenvalue weighted by Crippen LogP contribution is -2.51. The Kier molecular flexibility index (Phi) is 1.89. The van der Waals surface area contributed by atoms with E-state index in [2.05, 4.69) is 5.32 Å². The Hall–Kier alpha value is -0.910. The monoisotopic (exact) mass is 224 g/mol. The van der Waals surface area contributed by atoms with Crippen molar-refractivity contribution in [2.75, 3.05) is 19.6 Å². The third kappa shape index (κ3) is 1.24. The van der Waals surface area contributed by atoms with Crippen LogP contribution < -0.4 is 5.32 Å². The van der Waals surface area contributed by atoms with Gasteiger partial charge in [-0.05, 0) is 11.6 Å². The highest BCUT2D eigenvalue weighted by molar-refractivity contribution is 7.89. The molecule has 0 aliphatic carbocycles. The number of benzene rings is 1. The summed E-state index contributed by atoms with van der Waals surface area (Å²) in [7, 11) is -3.22. The van der Waals surface area contributed by atoms with Gasteiger partial charge in [0.1, 0.15) is 0 Å². The molecule has 1 aromatic carbocycles. The second-order valence-electron chi connectivity index (χ2n) is 3.91. The van der Waals surface area contributed by atoms with E-state index in [4.69, 9.17) is 0 Å². The SMILES string of the molecule is O=S1(=O)c2ccccc2C2CN1CCN2. The summed E-state index contributed by atoms with van der Waals surface area (Å²) in [5, 5.41) is 3.34. The smallest absolute Gasteiger partial charge is 0.243 e. The van der Waals surface area contributed by atoms with Crippen LogP contribution in [0.25, 0.3) is 0 Å². The number of hydrogen-bond acceptors (Lipinski definition) is 3. The predicted molar refractivity (Wildman–Crippen MR) is 55.9 cm³/mol. The zero-order valence-electron chi connectivity index (χ0n) is 8.18. The van der Waals surface area contributed by atoms with Gasteiger partial charge in [-0.1, -0.05) is 18.2 Å². The van der Waals surface area contributed by atoms with Gasteiger partial charge in [0.25, 0.3) is 0 Å². The van der Waals surface area contributed by atoms with Crippen LogP contribution in [0.5, 0.6) is 0 Å². The van der Waals surface area contributed by atoms with Crippen LogP contribution in [0.3, 0.4) is 0 Å². The molecule has 2 aliphatic rings. The molecule has 2 aliphatic heterocycles. The lowest BCUT2D eigenvalue weighted by Gasteiger charge is -2.38. The van der Waals surface area contributed by atoms with Crippen molar-refractivity contribution in [3.63, 3.8) is 0 Å². The minimum atomic E-state index is -3.22. The van der Waals surface area contributed by atoms with E-state index in [-0.39, 0.29) is 6.04 Å². The number of nitrogens with zero attached hydrogens (tertiary/aromatic N) is 1. The molecule has 0 radical (unpaired) electrons. The van der Waals surface area contributed by atoms with Gasteiger partial charge in [0.05, 0.1) is 4.90 Å². The number of nitrogens with one attached hydrogen (secondary N) is 1. The number of piperazine rings is 1. The highest BCUT2D eigenvalue weighted by Gasteiger charge is 2.38. The topological polar surface area (TPSA) is 49.4 Å². The van der Waals surface area contributed by atoms with Gasteiger partial charge < -0.3 is 5.32 Å². The average Bonchev–Trinajstić information content (AvgIpc) is 2.28. The van der Waals surface area contributed by atoms with Crippen LogP contribution in [0.2, 0.25) is 0 Å². The van der Waals surface area contributed by atoms with Crippen molar-refractivity contribution in [1.29, 1.82) is 0 Å². The van der Waals surface area contributed by atoms with Crippen LogP contribution >= 0.6 is 0 Å². The molecule has 80 valence electrons. The summed E-state index contributed by atoms with van der Waals surface area (Å²) in [6.45, 7) is 1.88. The molecule has 0 saturated carbocycles. The molecule has 4 nitrogen and oxygen atoms in total. The molecule has 5 heteroatoms. The fourth-order valence-electron chi connectivity index (χ4n) is 2.29. The summed E-state index contributed by atoms with van der Waals surface area (Å²) in [5.41, 5.74) is 0.911. The van der Waals surface area contributed by atoms with Gasteiger partial charge in [-0.25, -0.2) is 8.42 Å². The van der Waals surface area contributed by atoms with Crippen LogP contribution in [0.4, 0.5) is 0 Å². The zero-order valence-corrected chi connectivity index (χ0v) is 9.00. The molecule has 2 bridgehead atoms. The summed E-state index contributed by atoms with van der Waals surface area (Å²) in [6.07, 6.45) is 0. The fourth-order valence-corrected chi connectivity index (χ4v) is 4.01. The van der Waals surface area contributed by atoms with Crippen molar-refractivity contribution >= 4 is 10.0 Å². The van der Waals surface area contributed by atoms with Gasteiger partial charge in [0, 0.05) is 25.7 Å². The Morgan fingerprint density at radius 1 is 1.33 bits per heavy atom. The standard InChI is InChI=1S/C10H12N2O2S/c13-15(14)10-4-2-1-3-8(10)9-7-12(15)6-5-11-9/h1-4,9,11H,5-7H2. The van der Waals surface area contributed by atoms with Crippen LogP contribution in [0.1, 0.15) is 11.6 Å². The second-order valence-corrected chi connectivity index (χ2v) is 5.81. The molecule has 1 saturated heterocycles. The molecular formula is C10H12N2O2S. The van der Waals surface area contributed by atoms with Crippen LogP contribution in [-0.2, 0) is 10.0 Å². The van der Waals surface area contributed by atoms with E-state index >= 15 is 0 Å². The number of rotatable bonds is 0. The molecule has 1 N–H and O–H groups in total. The quantitative estimate of drug-likeness (QED) is 0.691. The molecule has 0 spiro atoms. The number of fused-ring (bicyclic) bond motifs is 4. The first-order valence-electron chi connectivity index (χ1n) is 5.02. The summed E-state index contributed by atoms with van der Waals surface area (Å²) in [5.74, 6) is 0. The van der Waals surface area contributed by atoms with Crippen molar-refractivity contribution in [3.05, 3.63) is 29.8 Å². The molecule has 1 aromatic rings. The molecule has 15 heavy (non-hydrogen) atoms. The molecule has 3 rings (SSSR count). The van der Waals surface area contributed by atoms with Crippen molar-refractivity contribution in [2.24, 2.45) is 0 Å². The van der Waals surface area contributed by atoms with Crippen LogP contribution in [-0.4, -0.2) is 32.4 Å². The normalized spacial score (nSPS) is 32.0. The molecule has 2 atom stereocenters. The molecule has 1 fully saturated rings. The van der Waals surface area contributed by atoms with E-state index in [1.807, 2.05) is 12.1 Å². The van der Waals surface area contributed by atoms with Gasteiger partial charge in [0.2, 0.25) is 10.0 Å². The van der Waals surface area contributed by atoms with Crippen LogP contribution in [0.15, 0.2) is 29.2 Å². The van der Waals surface area contributed by atoms with Crippen molar-refractivity contribution in [1.82, 2.24) is 9.62 Å². The van der Waals surface area contributed by atoms with E-state index in [1.165, 1.54) is 0 Å². The van der Waals surface area contributed by atoms with Crippen molar-refractivity contribution in [3.8, 4) is 0 Å². The molecule has 2 unspecified atom stereocenters. The van der Waals surface area contributed by atoms with Gasteiger partial charge in [-0.15, -0.1) is 0 Å². The first-order chi connectivity index (χ1) is 7.19. The highest BCUT2D eigenvalue weighted by Crippen LogP contribution is 2.33. The maximum atomic E-state index is 12.1. The Balaban J connectivity index is 2.27. The Morgan fingerprint density at radius 3 is 3.00 bits per heavy atom. The Labute approximate surface area is 88.9 Å². The third-order valence-corrected chi connectivity index (χ3v) is 4.99. The zero-order chi connectivity index (χ0) is 10.5. The van der Waals surface area contributed by atoms with Gasteiger partial charge in [-0.3, -0.25) is 0 Å². The van der Waals surface area contributed by atoms with Gasteiger partial charge in [0.15, 0.2) is 0 Å². The minimum absolute atomic E-state index is 0.165. The van der Waals surface area contributed by atoms with Crippen molar-refractivity contribution < 1.29 is 8.42 Å². The van der Waals surface area contributed by atoms with Gasteiger partial charge >= 0.3 is 0 Å². The molecular weight excluding hydrogens is 212 g/mol. The predicted octanol–water partition coefficient (Wildman–Crippen LogP) is 0.335. The maximum absolute atomic E-state index is 12.1. The van der Waals surface area contributed by atoms with E-state index < -0.39 is 10.0 Å². The average molecular weight is 224 g/mol. The summed E-state index contributed by atoms with van der Waals surface area (Å²) >= 11 is 0. The van der Waals surface area contributed by atoms with Gasteiger partial charge in [-0.2, -0.15) is 4.31 Å². The van der Waals surface area contributed by atoms with E-state index in [0.717, 1.165) is 12.1 Å². The summed E-state index contributed by atoms with van der Waals surface area (Å²) in [4.78, 5) is 0.466. The number of hydrogen-bond donors (Lipinski definition) is 1. The third-order valence-electron chi connectivity index (χ3n) is 3.05. The molecule has 2 heterocycles. The first kappa shape index (κ1) is 9.33. The summed E-state index contributed by atoms with van der Waals surface area (Å²) in [6, 6.07) is 7.42. The lowest BCUT2D eigenvalue weighted by molar-refractivity contribution is 0.286. The second kappa shape index (κ2) is 3.04. The van der Waals surface area contributed by atoms with Crippen LogP contribution in [0, 0.1) is 0 Å². The first-order valence-corrected chi connectivity index (χ1v) is 6.46. The Bertz CT molecular complexity index is 498. The number of sulfonamides is 1. The van der Waals surface area contributed by atoms with E-state index in [1.54, 1.807) is 16.4 Å². The Morgan fingerprint density at radius 2 is 2.13 bits per heavy atom. The summed E-state index contributed by atoms with van der Waals surface area (Å²) < 4.78 is 25.8. The lowest BCUT2D eigenvalue weighted by atomic mass is 10.1.